The first kappa shape index (κ1) is 24.0. The predicted octanol–water partition coefficient (Wildman–Crippen LogP) is 4.99. The van der Waals surface area contributed by atoms with Gasteiger partial charge in [-0.1, -0.05) is 33.6 Å². The van der Waals surface area contributed by atoms with Gasteiger partial charge in [-0.15, -0.1) is 0 Å². The highest BCUT2D eigenvalue weighted by molar-refractivity contribution is 9.10. The molecule has 0 atom stereocenters. The Hall–Kier alpha value is -4.11. The number of rotatable bonds is 5. The molecule has 0 saturated heterocycles. The molecule has 35 heavy (non-hydrogen) atoms. The summed E-state index contributed by atoms with van der Waals surface area (Å²) in [6.07, 6.45) is 0. The zero-order valence-electron chi connectivity index (χ0n) is 19.3. The van der Waals surface area contributed by atoms with Crippen LogP contribution in [-0.2, 0) is 9.59 Å². The molecule has 0 spiro atoms. The lowest BCUT2D eigenvalue weighted by Gasteiger charge is -2.14. The number of amides is 3. The fraction of sp³-hybridized carbons (Fsp3) is 0.115. The smallest absolute Gasteiger partial charge is 0.328 e. The number of nitrogens with one attached hydrogen (secondary N) is 3. The molecule has 0 aliphatic carbocycles. The maximum absolute atomic E-state index is 13.2. The Morgan fingerprint density at radius 2 is 1.60 bits per heavy atom. The molecule has 1 aromatic heterocycles. The number of ether oxygens (including phenoxy) is 1. The molecule has 3 amide bonds. The van der Waals surface area contributed by atoms with Gasteiger partial charge < -0.3 is 15.4 Å². The van der Waals surface area contributed by atoms with Crippen LogP contribution in [0.25, 0.3) is 10.9 Å². The number of carbonyl (C=O) groups is 3. The van der Waals surface area contributed by atoms with Gasteiger partial charge in [-0.2, -0.15) is 0 Å². The molecule has 9 heteroatoms. The van der Waals surface area contributed by atoms with E-state index in [2.05, 4.69) is 32.0 Å². The first-order chi connectivity index (χ1) is 16.7. The van der Waals surface area contributed by atoms with Crippen LogP contribution in [-0.4, -0.2) is 29.5 Å². The van der Waals surface area contributed by atoms with E-state index < -0.39 is 17.7 Å². The van der Waals surface area contributed by atoms with E-state index in [1.807, 2.05) is 38.1 Å². The largest absolute Gasteiger partial charge is 0.497 e. The highest BCUT2D eigenvalue weighted by Crippen LogP contribution is 2.25. The number of nitrogens with zero attached hydrogens (tertiary/aromatic N) is 1. The Kier molecular flexibility index (Phi) is 6.88. The average molecular weight is 535 g/mol. The van der Waals surface area contributed by atoms with Gasteiger partial charge in [0.1, 0.15) is 11.4 Å². The molecule has 3 N–H and O–H groups in total. The van der Waals surface area contributed by atoms with E-state index in [1.54, 1.807) is 42.5 Å². The van der Waals surface area contributed by atoms with Crippen molar-refractivity contribution in [1.29, 1.82) is 0 Å². The Labute approximate surface area is 210 Å². The standard InChI is InChI=1S/C26H23BrN4O4/c1-15-4-10-21(16(2)12-15)29-24(32)23-14-17-13-18(27)5-11-22(17)31(23)30-26(34)25(33)28-19-6-8-20(35-3)9-7-19/h4-14H,1-3H3,(H,28,33)(H,29,32)(H,30,34). The first-order valence-electron chi connectivity index (χ1n) is 10.7. The van der Waals surface area contributed by atoms with Crippen molar-refractivity contribution in [3.05, 3.63) is 88.0 Å². The van der Waals surface area contributed by atoms with Crippen LogP contribution in [0.3, 0.4) is 0 Å². The van der Waals surface area contributed by atoms with Crippen LogP contribution >= 0.6 is 15.9 Å². The normalized spacial score (nSPS) is 10.6. The van der Waals surface area contributed by atoms with Crippen molar-refractivity contribution in [2.45, 2.75) is 13.8 Å². The number of aryl methyl sites for hydroxylation is 2. The van der Waals surface area contributed by atoms with Crippen molar-refractivity contribution in [2.24, 2.45) is 0 Å². The minimum Gasteiger partial charge on any atom is -0.497 e. The van der Waals surface area contributed by atoms with E-state index in [4.69, 9.17) is 4.74 Å². The van der Waals surface area contributed by atoms with E-state index >= 15 is 0 Å². The summed E-state index contributed by atoms with van der Waals surface area (Å²) in [6.45, 7) is 3.88. The summed E-state index contributed by atoms with van der Waals surface area (Å²) in [6, 6.07) is 19.3. The fourth-order valence-electron chi connectivity index (χ4n) is 3.63. The average Bonchev–Trinajstić information content (AvgIpc) is 3.18. The van der Waals surface area contributed by atoms with Gasteiger partial charge in [0, 0.05) is 21.2 Å². The Morgan fingerprint density at radius 1 is 0.857 bits per heavy atom. The summed E-state index contributed by atoms with van der Waals surface area (Å²) in [7, 11) is 1.54. The van der Waals surface area contributed by atoms with Crippen molar-refractivity contribution in [1.82, 2.24) is 4.68 Å². The summed E-state index contributed by atoms with van der Waals surface area (Å²) in [5.41, 5.74) is 6.35. The van der Waals surface area contributed by atoms with Crippen molar-refractivity contribution in [3.8, 4) is 5.75 Å². The predicted molar refractivity (Wildman–Crippen MR) is 139 cm³/mol. The minimum absolute atomic E-state index is 0.170. The maximum atomic E-state index is 13.2. The molecule has 0 aliphatic heterocycles. The van der Waals surface area contributed by atoms with Gasteiger partial charge in [-0.05, 0) is 74.0 Å². The SMILES string of the molecule is COc1ccc(NC(=O)C(=O)Nn2c(C(=O)Nc3ccc(C)cc3C)cc3cc(Br)ccc32)cc1. The van der Waals surface area contributed by atoms with Crippen LogP contribution in [0.4, 0.5) is 11.4 Å². The monoisotopic (exact) mass is 534 g/mol. The zero-order chi connectivity index (χ0) is 25.1. The third-order valence-electron chi connectivity index (χ3n) is 5.39. The molecule has 8 nitrogen and oxygen atoms in total. The lowest BCUT2D eigenvalue weighted by molar-refractivity contribution is -0.133. The molecule has 3 aromatic carbocycles. The van der Waals surface area contributed by atoms with Crippen LogP contribution in [0.15, 0.2) is 71.2 Å². The van der Waals surface area contributed by atoms with Crippen molar-refractivity contribution >= 4 is 55.9 Å². The maximum Gasteiger partial charge on any atom is 0.328 e. The number of aromatic nitrogens is 1. The van der Waals surface area contributed by atoms with Gasteiger partial charge in [0.15, 0.2) is 0 Å². The fourth-order valence-corrected chi connectivity index (χ4v) is 4.01. The van der Waals surface area contributed by atoms with Crippen molar-refractivity contribution in [2.75, 3.05) is 23.2 Å². The number of hydrogen-bond acceptors (Lipinski definition) is 4. The van der Waals surface area contributed by atoms with Crippen LogP contribution in [0.2, 0.25) is 0 Å². The molecule has 1 heterocycles. The summed E-state index contributed by atoms with van der Waals surface area (Å²) < 4.78 is 7.22. The lowest BCUT2D eigenvalue weighted by atomic mass is 10.1. The summed E-state index contributed by atoms with van der Waals surface area (Å²) in [5.74, 6) is -1.62. The van der Waals surface area contributed by atoms with Crippen LogP contribution in [0.1, 0.15) is 21.6 Å². The Bertz CT molecular complexity index is 1440. The molecule has 4 rings (SSSR count). The van der Waals surface area contributed by atoms with E-state index in [0.29, 0.717) is 28.0 Å². The van der Waals surface area contributed by atoms with E-state index in [9.17, 15) is 14.4 Å². The third-order valence-corrected chi connectivity index (χ3v) is 5.89. The Balaban J connectivity index is 1.61. The second-order valence-electron chi connectivity index (χ2n) is 7.96. The van der Waals surface area contributed by atoms with Gasteiger partial charge in [-0.3, -0.25) is 19.8 Å². The van der Waals surface area contributed by atoms with Gasteiger partial charge >= 0.3 is 11.8 Å². The van der Waals surface area contributed by atoms with E-state index in [1.165, 1.54) is 11.8 Å². The quantitative estimate of drug-likeness (QED) is 0.314. The van der Waals surface area contributed by atoms with Crippen LogP contribution < -0.4 is 20.8 Å². The summed E-state index contributed by atoms with van der Waals surface area (Å²) in [5, 5.41) is 6.13. The minimum atomic E-state index is -0.929. The molecule has 0 radical (unpaired) electrons. The molecule has 0 saturated carbocycles. The van der Waals surface area contributed by atoms with E-state index in [0.717, 1.165) is 15.6 Å². The van der Waals surface area contributed by atoms with Gasteiger partial charge in [-0.25, -0.2) is 4.68 Å². The molecular weight excluding hydrogens is 512 g/mol. The first-order valence-corrected chi connectivity index (χ1v) is 11.5. The number of anilines is 2. The van der Waals surface area contributed by atoms with Crippen LogP contribution in [0, 0.1) is 13.8 Å². The zero-order valence-corrected chi connectivity index (χ0v) is 20.9. The molecular formula is C26H23BrN4O4. The van der Waals surface area contributed by atoms with Crippen molar-refractivity contribution < 1.29 is 19.1 Å². The number of hydrogen-bond donors (Lipinski definition) is 3. The summed E-state index contributed by atoms with van der Waals surface area (Å²) in [4.78, 5) is 38.5. The Morgan fingerprint density at radius 3 is 2.29 bits per heavy atom. The topological polar surface area (TPSA) is 101 Å². The van der Waals surface area contributed by atoms with Crippen molar-refractivity contribution in [3.63, 3.8) is 0 Å². The molecule has 4 aromatic rings. The second-order valence-corrected chi connectivity index (χ2v) is 8.88. The molecule has 178 valence electrons. The third kappa shape index (κ3) is 5.36. The number of carbonyl (C=O) groups excluding carboxylic acids is 3. The highest BCUT2D eigenvalue weighted by Gasteiger charge is 2.21. The molecule has 0 aliphatic rings. The lowest BCUT2D eigenvalue weighted by Crippen LogP contribution is -2.36. The second kappa shape index (κ2) is 10.0. The van der Waals surface area contributed by atoms with Gasteiger partial charge in [0.05, 0.1) is 12.6 Å². The number of halogens is 1. The van der Waals surface area contributed by atoms with E-state index in [-0.39, 0.29) is 5.69 Å². The molecule has 0 unspecified atom stereocenters. The molecule has 0 fully saturated rings. The highest BCUT2D eigenvalue weighted by atomic mass is 79.9. The number of benzene rings is 3. The number of fused-ring (bicyclic) bond motifs is 1. The van der Waals surface area contributed by atoms with Gasteiger partial charge in [0.2, 0.25) is 0 Å². The molecule has 0 bridgehead atoms. The number of methoxy groups -OCH3 is 1. The van der Waals surface area contributed by atoms with Gasteiger partial charge in [0.25, 0.3) is 5.91 Å². The summed E-state index contributed by atoms with van der Waals surface area (Å²) >= 11 is 3.42. The van der Waals surface area contributed by atoms with Crippen LogP contribution in [0.5, 0.6) is 5.75 Å².